The Balaban J connectivity index is 1.92. The molecule has 21 heavy (non-hydrogen) atoms. The van der Waals surface area contributed by atoms with Crippen molar-refractivity contribution >= 4 is 0 Å². The lowest BCUT2D eigenvalue weighted by atomic mass is 9.82. The van der Waals surface area contributed by atoms with Gasteiger partial charge in [0.15, 0.2) is 0 Å². The van der Waals surface area contributed by atoms with Crippen molar-refractivity contribution in [1.29, 1.82) is 0 Å². The molecule has 0 radical (unpaired) electrons. The molecular formula is C17H25F2NO. The van der Waals surface area contributed by atoms with E-state index < -0.39 is 6.61 Å². The first-order valence-corrected chi connectivity index (χ1v) is 7.83. The number of hydrogen-bond donors (Lipinski definition) is 1. The molecule has 3 unspecified atom stereocenters. The van der Waals surface area contributed by atoms with Crippen LogP contribution < -0.4 is 10.1 Å². The largest absolute Gasteiger partial charge is 0.434 e. The Morgan fingerprint density at radius 1 is 1.29 bits per heavy atom. The molecule has 1 aromatic carbocycles. The maximum absolute atomic E-state index is 12.4. The summed E-state index contributed by atoms with van der Waals surface area (Å²) in [4.78, 5) is 0. The minimum Gasteiger partial charge on any atom is -0.434 e. The van der Waals surface area contributed by atoms with Crippen LogP contribution in [0.4, 0.5) is 8.78 Å². The molecule has 1 N–H and O–H groups in total. The summed E-state index contributed by atoms with van der Waals surface area (Å²) in [5, 5.41) is 3.48. The number of para-hydroxylation sites is 1. The molecule has 0 heterocycles. The Labute approximate surface area is 125 Å². The Bertz CT molecular complexity index is 439. The molecule has 0 spiro atoms. The minimum absolute atomic E-state index is 0.0113. The fraction of sp³-hybridized carbons (Fsp3) is 0.647. The molecule has 1 aliphatic rings. The Morgan fingerprint density at radius 2 is 2.05 bits per heavy atom. The average Bonchev–Trinajstić information content (AvgIpc) is 2.45. The van der Waals surface area contributed by atoms with Gasteiger partial charge in [0.25, 0.3) is 0 Å². The quantitative estimate of drug-likeness (QED) is 0.817. The van der Waals surface area contributed by atoms with Crippen molar-refractivity contribution in [3.05, 3.63) is 29.8 Å². The van der Waals surface area contributed by atoms with Gasteiger partial charge in [-0.05, 0) is 44.2 Å². The van der Waals surface area contributed by atoms with Crippen molar-refractivity contribution in [3.8, 4) is 5.75 Å². The molecule has 2 rings (SSSR count). The number of alkyl halides is 2. The van der Waals surface area contributed by atoms with E-state index in [0.29, 0.717) is 5.92 Å². The highest BCUT2D eigenvalue weighted by atomic mass is 19.3. The second-order valence-electron chi connectivity index (χ2n) is 6.18. The molecule has 2 nitrogen and oxygen atoms in total. The van der Waals surface area contributed by atoms with E-state index in [2.05, 4.69) is 17.0 Å². The van der Waals surface area contributed by atoms with Crippen LogP contribution in [0.1, 0.15) is 51.1 Å². The van der Waals surface area contributed by atoms with Crippen molar-refractivity contribution in [2.24, 2.45) is 11.8 Å². The van der Waals surface area contributed by atoms with Crippen LogP contribution in [0.5, 0.6) is 5.75 Å². The fourth-order valence-electron chi connectivity index (χ4n) is 3.24. The zero-order valence-corrected chi connectivity index (χ0v) is 12.8. The van der Waals surface area contributed by atoms with Crippen LogP contribution in [0, 0.1) is 11.8 Å². The molecule has 3 atom stereocenters. The van der Waals surface area contributed by atoms with Gasteiger partial charge >= 0.3 is 6.61 Å². The summed E-state index contributed by atoms with van der Waals surface area (Å²) in [6.07, 6.45) is 5.15. The second-order valence-corrected chi connectivity index (χ2v) is 6.18. The lowest BCUT2D eigenvalue weighted by Gasteiger charge is -2.28. The van der Waals surface area contributed by atoms with Crippen LogP contribution >= 0.6 is 0 Å². The van der Waals surface area contributed by atoms with Gasteiger partial charge in [0.1, 0.15) is 5.75 Å². The van der Waals surface area contributed by atoms with Crippen molar-refractivity contribution in [3.63, 3.8) is 0 Å². The van der Waals surface area contributed by atoms with E-state index >= 15 is 0 Å². The highest BCUT2D eigenvalue weighted by Gasteiger charge is 2.20. The van der Waals surface area contributed by atoms with Gasteiger partial charge in [0, 0.05) is 11.6 Å². The van der Waals surface area contributed by atoms with E-state index in [9.17, 15) is 8.78 Å². The predicted octanol–water partition coefficient (Wildman–Crippen LogP) is 4.76. The topological polar surface area (TPSA) is 21.3 Å². The molecule has 1 aliphatic carbocycles. The maximum Gasteiger partial charge on any atom is 0.387 e. The van der Waals surface area contributed by atoms with Crippen molar-refractivity contribution < 1.29 is 13.5 Å². The average molecular weight is 297 g/mol. The van der Waals surface area contributed by atoms with E-state index in [-0.39, 0.29) is 11.8 Å². The normalized spacial score (nSPS) is 24.0. The van der Waals surface area contributed by atoms with Crippen LogP contribution in [-0.2, 0) is 0 Å². The molecule has 0 amide bonds. The first-order chi connectivity index (χ1) is 10.1. The molecule has 1 fully saturated rings. The minimum atomic E-state index is -2.78. The number of halogens is 2. The molecule has 0 bridgehead atoms. The molecule has 0 aromatic heterocycles. The zero-order chi connectivity index (χ0) is 15.2. The van der Waals surface area contributed by atoms with Crippen LogP contribution in [0.3, 0.4) is 0 Å². The molecule has 0 saturated heterocycles. The monoisotopic (exact) mass is 297 g/mol. The Hall–Kier alpha value is -1.16. The number of hydrogen-bond acceptors (Lipinski definition) is 2. The van der Waals surface area contributed by atoms with E-state index in [1.165, 1.54) is 25.7 Å². The summed E-state index contributed by atoms with van der Waals surface area (Å²) in [6.45, 7) is 2.47. The van der Waals surface area contributed by atoms with Crippen LogP contribution in [-0.4, -0.2) is 13.2 Å². The number of benzene rings is 1. The number of rotatable bonds is 6. The summed E-state index contributed by atoms with van der Waals surface area (Å²) < 4.78 is 29.5. The fourth-order valence-corrected chi connectivity index (χ4v) is 3.24. The molecule has 4 heteroatoms. The molecule has 0 aliphatic heterocycles. The number of nitrogens with one attached hydrogen (secondary N) is 1. The van der Waals surface area contributed by atoms with Gasteiger partial charge in [-0.2, -0.15) is 8.78 Å². The lowest BCUT2D eigenvalue weighted by molar-refractivity contribution is -0.0506. The van der Waals surface area contributed by atoms with Crippen LogP contribution in [0.2, 0.25) is 0 Å². The van der Waals surface area contributed by atoms with E-state index in [1.807, 2.05) is 19.1 Å². The SMILES string of the molecule is CC1CCCC(CNC(C)c2ccccc2OC(F)F)C1. The third-order valence-corrected chi connectivity index (χ3v) is 4.36. The van der Waals surface area contributed by atoms with Crippen molar-refractivity contribution in [2.75, 3.05) is 6.54 Å². The van der Waals surface area contributed by atoms with E-state index in [1.54, 1.807) is 12.1 Å². The van der Waals surface area contributed by atoms with Gasteiger partial charge in [-0.15, -0.1) is 0 Å². The van der Waals surface area contributed by atoms with Gasteiger partial charge in [0.2, 0.25) is 0 Å². The van der Waals surface area contributed by atoms with Gasteiger partial charge < -0.3 is 10.1 Å². The summed E-state index contributed by atoms with van der Waals surface area (Å²) >= 11 is 0. The number of ether oxygens (including phenoxy) is 1. The maximum atomic E-state index is 12.4. The lowest BCUT2D eigenvalue weighted by Crippen LogP contribution is -2.29. The highest BCUT2D eigenvalue weighted by molar-refractivity contribution is 5.35. The van der Waals surface area contributed by atoms with Gasteiger partial charge in [-0.3, -0.25) is 0 Å². The van der Waals surface area contributed by atoms with E-state index in [4.69, 9.17) is 0 Å². The Morgan fingerprint density at radius 3 is 2.76 bits per heavy atom. The van der Waals surface area contributed by atoms with Gasteiger partial charge in [0.05, 0.1) is 0 Å². The third kappa shape index (κ3) is 4.95. The summed E-state index contributed by atoms with van der Waals surface area (Å²) in [5.74, 6) is 1.76. The molecule has 118 valence electrons. The van der Waals surface area contributed by atoms with E-state index in [0.717, 1.165) is 18.0 Å². The van der Waals surface area contributed by atoms with Crippen molar-refractivity contribution in [2.45, 2.75) is 52.2 Å². The summed E-state index contributed by atoms with van der Waals surface area (Å²) in [7, 11) is 0. The second kappa shape index (κ2) is 7.74. The smallest absolute Gasteiger partial charge is 0.387 e. The first kappa shape index (κ1) is 16.2. The molecule has 1 aromatic rings. The van der Waals surface area contributed by atoms with Gasteiger partial charge in [-0.25, -0.2) is 0 Å². The predicted molar refractivity (Wildman–Crippen MR) is 80.6 cm³/mol. The Kier molecular flexibility index (Phi) is 5.97. The van der Waals surface area contributed by atoms with Gasteiger partial charge in [-0.1, -0.05) is 38.0 Å². The summed E-state index contributed by atoms with van der Waals surface area (Å²) in [6, 6.07) is 7.03. The van der Waals surface area contributed by atoms with Crippen molar-refractivity contribution in [1.82, 2.24) is 5.32 Å². The first-order valence-electron chi connectivity index (χ1n) is 7.83. The summed E-state index contributed by atoms with van der Waals surface area (Å²) in [5.41, 5.74) is 0.793. The molecule has 1 saturated carbocycles. The standard InChI is InChI=1S/C17H25F2NO/c1-12-6-5-7-14(10-12)11-20-13(2)15-8-3-4-9-16(15)21-17(18)19/h3-4,8-9,12-14,17,20H,5-7,10-11H2,1-2H3. The van der Waals surface area contributed by atoms with Crippen LogP contribution in [0.25, 0.3) is 0 Å². The highest BCUT2D eigenvalue weighted by Crippen LogP contribution is 2.30. The van der Waals surface area contributed by atoms with Crippen LogP contribution in [0.15, 0.2) is 24.3 Å². The molecular weight excluding hydrogens is 272 g/mol. The zero-order valence-electron chi connectivity index (χ0n) is 12.8. The third-order valence-electron chi connectivity index (χ3n) is 4.36.